The Labute approximate surface area is 136 Å². The first-order chi connectivity index (χ1) is 11.4. The molecule has 0 saturated heterocycles. The third-order valence-corrected chi connectivity index (χ3v) is 3.85. The molecule has 0 N–H and O–H groups in total. The molecule has 0 atom stereocenters. The Morgan fingerprint density at radius 1 is 1.17 bits per heavy atom. The number of methoxy groups -OCH3 is 1. The minimum absolute atomic E-state index is 0.237. The van der Waals surface area contributed by atoms with E-state index in [1.807, 2.05) is 0 Å². The molecule has 2 aromatic carbocycles. The number of halogens is 3. The van der Waals surface area contributed by atoms with Crippen molar-refractivity contribution in [2.75, 3.05) is 7.11 Å². The number of carbonyl (C=O) groups excluding carboxylic acids is 1. The Kier molecular flexibility index (Phi) is 4.05. The van der Waals surface area contributed by atoms with Crippen LogP contribution in [0, 0.1) is 0 Å². The second kappa shape index (κ2) is 6.03. The zero-order valence-electron chi connectivity index (χ0n) is 12.8. The third kappa shape index (κ3) is 2.99. The number of fused-ring (bicyclic) bond motifs is 1. The van der Waals surface area contributed by atoms with Crippen LogP contribution in [0.2, 0.25) is 0 Å². The Balaban J connectivity index is 2.03. The van der Waals surface area contributed by atoms with E-state index < -0.39 is 11.7 Å². The second-order valence-electron chi connectivity index (χ2n) is 5.41. The first-order valence-corrected chi connectivity index (χ1v) is 7.20. The number of hydrogen-bond donors (Lipinski definition) is 0. The highest BCUT2D eigenvalue weighted by molar-refractivity contribution is 5.98. The zero-order valence-corrected chi connectivity index (χ0v) is 12.8. The quantitative estimate of drug-likeness (QED) is 0.657. The first kappa shape index (κ1) is 16.1. The standard InChI is InChI=1S/C18H14F3NO2/c1-24-15-5-6-17-16(8-15)13(11-23)10-22(17)9-12-3-2-4-14(7-12)18(19,20)21/h2-8,10-11H,9H2,1H3. The molecule has 0 spiro atoms. The zero-order chi connectivity index (χ0) is 17.3. The predicted molar refractivity (Wildman–Crippen MR) is 84.4 cm³/mol. The number of rotatable bonds is 4. The van der Waals surface area contributed by atoms with Crippen LogP contribution in [-0.2, 0) is 12.7 Å². The van der Waals surface area contributed by atoms with Crippen LogP contribution in [-0.4, -0.2) is 18.0 Å². The van der Waals surface area contributed by atoms with Gasteiger partial charge in [0.05, 0.1) is 12.7 Å². The van der Waals surface area contributed by atoms with E-state index in [0.29, 0.717) is 22.3 Å². The Hall–Kier alpha value is -2.76. The van der Waals surface area contributed by atoms with Crippen molar-refractivity contribution in [3.8, 4) is 5.75 Å². The lowest BCUT2D eigenvalue weighted by Crippen LogP contribution is -2.06. The smallest absolute Gasteiger partial charge is 0.416 e. The Morgan fingerprint density at radius 3 is 2.62 bits per heavy atom. The molecular weight excluding hydrogens is 319 g/mol. The normalized spacial score (nSPS) is 11.7. The largest absolute Gasteiger partial charge is 0.497 e. The van der Waals surface area contributed by atoms with Crippen LogP contribution in [0.1, 0.15) is 21.5 Å². The van der Waals surface area contributed by atoms with Gasteiger partial charge in [-0.05, 0) is 35.9 Å². The number of nitrogens with zero attached hydrogens (tertiary/aromatic N) is 1. The third-order valence-electron chi connectivity index (χ3n) is 3.85. The number of aldehydes is 1. The average Bonchev–Trinajstić information content (AvgIpc) is 2.91. The molecule has 0 aliphatic heterocycles. The molecule has 0 unspecified atom stereocenters. The van der Waals surface area contributed by atoms with Crippen molar-refractivity contribution >= 4 is 17.2 Å². The topological polar surface area (TPSA) is 31.2 Å². The van der Waals surface area contributed by atoms with Crippen molar-refractivity contribution < 1.29 is 22.7 Å². The molecule has 1 aromatic heterocycles. The van der Waals surface area contributed by atoms with Gasteiger partial charge in [0.15, 0.2) is 6.29 Å². The fourth-order valence-corrected chi connectivity index (χ4v) is 2.70. The molecule has 0 amide bonds. The van der Waals surface area contributed by atoms with Gasteiger partial charge in [-0.1, -0.05) is 12.1 Å². The van der Waals surface area contributed by atoms with E-state index >= 15 is 0 Å². The highest BCUT2D eigenvalue weighted by Crippen LogP contribution is 2.30. The highest BCUT2D eigenvalue weighted by atomic mass is 19.4. The Morgan fingerprint density at radius 2 is 1.96 bits per heavy atom. The monoisotopic (exact) mass is 333 g/mol. The summed E-state index contributed by atoms with van der Waals surface area (Å²) >= 11 is 0. The van der Waals surface area contributed by atoms with E-state index in [0.717, 1.165) is 23.9 Å². The summed E-state index contributed by atoms with van der Waals surface area (Å²) in [7, 11) is 1.53. The molecule has 0 saturated carbocycles. The van der Waals surface area contributed by atoms with E-state index in [-0.39, 0.29) is 6.54 Å². The van der Waals surface area contributed by atoms with Gasteiger partial charge in [0.1, 0.15) is 5.75 Å². The van der Waals surface area contributed by atoms with Crippen molar-refractivity contribution in [1.82, 2.24) is 4.57 Å². The number of ether oxygens (including phenoxy) is 1. The first-order valence-electron chi connectivity index (χ1n) is 7.20. The van der Waals surface area contributed by atoms with Gasteiger partial charge >= 0.3 is 6.18 Å². The van der Waals surface area contributed by atoms with Crippen LogP contribution < -0.4 is 4.74 Å². The van der Waals surface area contributed by atoms with Crippen molar-refractivity contribution in [2.45, 2.75) is 12.7 Å². The van der Waals surface area contributed by atoms with Gasteiger partial charge in [-0.25, -0.2) is 0 Å². The van der Waals surface area contributed by atoms with E-state index in [2.05, 4.69) is 0 Å². The van der Waals surface area contributed by atoms with Crippen molar-refractivity contribution in [3.05, 3.63) is 65.4 Å². The van der Waals surface area contributed by atoms with Crippen molar-refractivity contribution in [2.24, 2.45) is 0 Å². The molecule has 0 radical (unpaired) electrons. The minimum atomic E-state index is -4.38. The van der Waals surface area contributed by atoms with E-state index in [9.17, 15) is 18.0 Å². The molecule has 0 aliphatic carbocycles. The SMILES string of the molecule is COc1ccc2c(c1)c(C=O)cn2Cc1cccc(C(F)(F)F)c1. The van der Waals surface area contributed by atoms with Gasteiger partial charge in [-0.2, -0.15) is 13.2 Å². The summed E-state index contributed by atoms with van der Waals surface area (Å²) in [6.45, 7) is 0.237. The summed E-state index contributed by atoms with van der Waals surface area (Å²) in [4.78, 5) is 11.3. The molecule has 24 heavy (non-hydrogen) atoms. The summed E-state index contributed by atoms with van der Waals surface area (Å²) < 4.78 is 45.4. The Bertz CT molecular complexity index is 897. The van der Waals surface area contributed by atoms with Gasteiger partial charge in [-0.3, -0.25) is 4.79 Å². The maximum atomic E-state index is 12.8. The fourth-order valence-electron chi connectivity index (χ4n) is 2.70. The lowest BCUT2D eigenvalue weighted by molar-refractivity contribution is -0.137. The lowest BCUT2D eigenvalue weighted by Gasteiger charge is -2.10. The van der Waals surface area contributed by atoms with E-state index in [1.165, 1.54) is 13.2 Å². The number of hydrogen-bond acceptors (Lipinski definition) is 2. The molecule has 0 fully saturated rings. The molecule has 0 aliphatic rings. The highest BCUT2D eigenvalue weighted by Gasteiger charge is 2.30. The summed E-state index contributed by atoms with van der Waals surface area (Å²) in [5, 5.41) is 0.705. The van der Waals surface area contributed by atoms with Crippen LogP contribution in [0.5, 0.6) is 5.75 Å². The molecule has 6 heteroatoms. The summed E-state index contributed by atoms with van der Waals surface area (Å²) in [5.41, 5.74) is 1.05. The van der Waals surface area contributed by atoms with Crippen LogP contribution in [0.15, 0.2) is 48.7 Å². The van der Waals surface area contributed by atoms with Gasteiger partial charge in [-0.15, -0.1) is 0 Å². The summed E-state index contributed by atoms with van der Waals surface area (Å²) in [6.07, 6.45) is -2.02. The molecule has 1 heterocycles. The second-order valence-corrected chi connectivity index (χ2v) is 5.41. The number of benzene rings is 2. The number of carbonyl (C=O) groups is 1. The summed E-state index contributed by atoms with van der Waals surface area (Å²) in [6, 6.07) is 10.4. The summed E-state index contributed by atoms with van der Waals surface area (Å²) in [5.74, 6) is 0.613. The van der Waals surface area contributed by atoms with E-state index in [4.69, 9.17) is 4.74 Å². The number of aromatic nitrogens is 1. The van der Waals surface area contributed by atoms with Gasteiger partial charge in [0.2, 0.25) is 0 Å². The van der Waals surface area contributed by atoms with Gasteiger partial charge in [0, 0.05) is 29.2 Å². The average molecular weight is 333 g/mol. The van der Waals surface area contributed by atoms with Crippen molar-refractivity contribution in [3.63, 3.8) is 0 Å². The van der Waals surface area contributed by atoms with E-state index in [1.54, 1.807) is 35.0 Å². The van der Waals surface area contributed by atoms with Gasteiger partial charge in [0.25, 0.3) is 0 Å². The van der Waals surface area contributed by atoms with Crippen LogP contribution in [0.4, 0.5) is 13.2 Å². The molecule has 0 bridgehead atoms. The maximum absolute atomic E-state index is 12.8. The minimum Gasteiger partial charge on any atom is -0.497 e. The molecule has 3 nitrogen and oxygen atoms in total. The van der Waals surface area contributed by atoms with Crippen LogP contribution in [0.25, 0.3) is 10.9 Å². The fraction of sp³-hybridized carbons (Fsp3) is 0.167. The maximum Gasteiger partial charge on any atom is 0.416 e. The van der Waals surface area contributed by atoms with Gasteiger partial charge < -0.3 is 9.30 Å². The molecule has 124 valence electrons. The van der Waals surface area contributed by atoms with Crippen molar-refractivity contribution in [1.29, 1.82) is 0 Å². The number of alkyl halides is 3. The van der Waals surface area contributed by atoms with Crippen LogP contribution >= 0.6 is 0 Å². The predicted octanol–water partition coefficient (Wildman–Crippen LogP) is 4.53. The van der Waals surface area contributed by atoms with Crippen LogP contribution in [0.3, 0.4) is 0 Å². The molecular formula is C18H14F3NO2. The molecule has 3 rings (SSSR count). The molecule has 3 aromatic rings. The lowest BCUT2D eigenvalue weighted by atomic mass is 10.1.